The minimum atomic E-state index is -0.503. The Morgan fingerprint density at radius 3 is 2.47 bits per heavy atom. The second-order valence-electron chi connectivity index (χ2n) is 11.9. The van der Waals surface area contributed by atoms with Crippen LogP contribution in [-0.4, -0.2) is 33.4 Å². The number of urea groups is 1. The molecule has 0 bridgehead atoms. The molecule has 2 N–H and O–H groups in total. The average molecular weight is 586 g/mol. The van der Waals surface area contributed by atoms with Crippen LogP contribution in [0.3, 0.4) is 0 Å². The lowest BCUT2D eigenvalue weighted by Crippen LogP contribution is -2.29. The number of amides is 2. The number of nitrogens with one attached hydrogen (secondary N) is 2. The molecular weight excluding hydrogens is 542 g/mol. The molecule has 2 amide bonds. The molecule has 0 spiro atoms. The zero-order chi connectivity index (χ0) is 31.1. The van der Waals surface area contributed by atoms with E-state index in [-0.39, 0.29) is 22.8 Å². The fourth-order valence-electron chi connectivity index (χ4n) is 4.93. The molecule has 0 aliphatic heterocycles. The van der Waals surface area contributed by atoms with E-state index in [9.17, 15) is 9.59 Å². The smallest absolute Gasteiger partial charge is 0.323 e. The molecule has 0 aliphatic carbocycles. The molecule has 9 nitrogen and oxygen atoms in total. The monoisotopic (exact) mass is 585 g/mol. The standard InChI is InChI=1S/C34H43N5O4/c1-8-9-16-39-17-14-27(26-12-11-25(42-7)20-30(26)43-23(2)3)31(32(39)40)37-33(41)36-29-19-24(21-38-18-15-35-22-38)10-13-28(29)34(4,5)6/h10-15,17-20,22-23H,8-9,16,21H2,1-7H3,(H2,36,37,41). The number of aryl methyl sites for hydroxylation is 1. The highest BCUT2D eigenvalue weighted by atomic mass is 16.5. The normalized spacial score (nSPS) is 11.4. The van der Waals surface area contributed by atoms with Crippen LogP contribution in [0, 0.1) is 0 Å². The van der Waals surface area contributed by atoms with Gasteiger partial charge in [-0.3, -0.25) is 4.79 Å². The maximum atomic E-state index is 13.8. The Labute approximate surface area is 253 Å². The number of methoxy groups -OCH3 is 1. The van der Waals surface area contributed by atoms with E-state index >= 15 is 0 Å². The van der Waals surface area contributed by atoms with Crippen LogP contribution >= 0.6 is 0 Å². The molecule has 0 saturated heterocycles. The van der Waals surface area contributed by atoms with Crippen molar-refractivity contribution < 1.29 is 14.3 Å². The highest BCUT2D eigenvalue weighted by Gasteiger charge is 2.22. The zero-order valence-corrected chi connectivity index (χ0v) is 26.2. The number of ether oxygens (including phenoxy) is 2. The SMILES string of the molecule is CCCCn1ccc(-c2ccc(OC)cc2OC(C)C)c(NC(=O)Nc2cc(Cn3ccnc3)ccc2C(C)(C)C)c1=O. The van der Waals surface area contributed by atoms with Gasteiger partial charge in [0.1, 0.15) is 17.2 Å². The third-order valence-corrected chi connectivity index (χ3v) is 7.06. The summed E-state index contributed by atoms with van der Waals surface area (Å²) in [5.74, 6) is 1.19. The molecule has 4 rings (SSSR count). The number of unbranched alkanes of at least 4 members (excludes halogenated alkanes) is 1. The van der Waals surface area contributed by atoms with E-state index in [0.29, 0.717) is 41.4 Å². The van der Waals surface area contributed by atoms with Crippen molar-refractivity contribution in [3.63, 3.8) is 0 Å². The number of benzene rings is 2. The molecule has 0 atom stereocenters. The number of carbonyl (C=O) groups is 1. The molecule has 4 aromatic rings. The number of nitrogens with zero attached hydrogens (tertiary/aromatic N) is 3. The van der Waals surface area contributed by atoms with Crippen molar-refractivity contribution >= 4 is 17.4 Å². The van der Waals surface area contributed by atoms with Crippen molar-refractivity contribution in [2.75, 3.05) is 17.7 Å². The summed E-state index contributed by atoms with van der Waals surface area (Å²) < 4.78 is 15.2. The summed E-state index contributed by atoms with van der Waals surface area (Å²) in [6.07, 6.45) is 8.84. The molecule has 0 radical (unpaired) electrons. The molecule has 0 fully saturated rings. The summed E-state index contributed by atoms with van der Waals surface area (Å²) in [7, 11) is 1.59. The van der Waals surface area contributed by atoms with Crippen LogP contribution in [0.5, 0.6) is 11.5 Å². The quantitative estimate of drug-likeness (QED) is 0.192. The van der Waals surface area contributed by atoms with Gasteiger partial charge in [0.2, 0.25) is 0 Å². The molecule has 0 unspecified atom stereocenters. The molecule has 43 heavy (non-hydrogen) atoms. The molecule has 0 aliphatic rings. The Hall–Kier alpha value is -4.53. The van der Waals surface area contributed by atoms with Crippen LogP contribution in [0.2, 0.25) is 0 Å². The number of hydrogen-bond acceptors (Lipinski definition) is 5. The number of hydrogen-bond donors (Lipinski definition) is 2. The molecule has 228 valence electrons. The van der Waals surface area contributed by atoms with Gasteiger partial charge in [-0.2, -0.15) is 0 Å². The number of carbonyl (C=O) groups excluding carboxylic acids is 1. The van der Waals surface area contributed by atoms with E-state index in [1.165, 1.54) is 0 Å². The van der Waals surface area contributed by atoms with Crippen molar-refractivity contribution in [1.82, 2.24) is 14.1 Å². The summed E-state index contributed by atoms with van der Waals surface area (Å²) in [5, 5.41) is 5.95. The number of rotatable bonds is 11. The maximum Gasteiger partial charge on any atom is 0.323 e. The molecule has 2 aromatic carbocycles. The molecule has 0 saturated carbocycles. The van der Waals surface area contributed by atoms with Gasteiger partial charge in [0.15, 0.2) is 0 Å². The van der Waals surface area contributed by atoms with Gasteiger partial charge in [0.25, 0.3) is 5.56 Å². The van der Waals surface area contributed by atoms with Gasteiger partial charge in [-0.25, -0.2) is 9.78 Å². The fraction of sp³-hybridized carbons (Fsp3) is 0.382. The predicted molar refractivity (Wildman–Crippen MR) is 172 cm³/mol. The topological polar surface area (TPSA) is 99.4 Å². The van der Waals surface area contributed by atoms with E-state index in [1.807, 2.05) is 54.9 Å². The van der Waals surface area contributed by atoms with Crippen molar-refractivity contribution in [2.45, 2.75) is 79.0 Å². The van der Waals surface area contributed by atoms with Gasteiger partial charge in [-0.1, -0.05) is 46.2 Å². The van der Waals surface area contributed by atoms with Crippen LogP contribution in [0.4, 0.5) is 16.2 Å². The zero-order valence-electron chi connectivity index (χ0n) is 26.2. The Morgan fingerprint density at radius 2 is 1.81 bits per heavy atom. The van der Waals surface area contributed by atoms with Crippen LogP contribution in [0.15, 0.2) is 72.2 Å². The second-order valence-corrected chi connectivity index (χ2v) is 11.9. The van der Waals surface area contributed by atoms with E-state index < -0.39 is 6.03 Å². The number of imidazole rings is 1. The van der Waals surface area contributed by atoms with Gasteiger partial charge >= 0.3 is 6.03 Å². The first kappa shape index (κ1) is 31.4. The Kier molecular flexibility index (Phi) is 9.95. The van der Waals surface area contributed by atoms with Crippen molar-refractivity contribution in [3.8, 4) is 22.6 Å². The second kappa shape index (κ2) is 13.6. The lowest BCUT2D eigenvalue weighted by atomic mass is 9.85. The highest BCUT2D eigenvalue weighted by molar-refractivity contribution is 6.03. The summed E-state index contributed by atoms with van der Waals surface area (Å²) in [6, 6.07) is 12.9. The van der Waals surface area contributed by atoms with Crippen LogP contribution in [-0.2, 0) is 18.5 Å². The maximum absolute atomic E-state index is 13.8. The molecular formula is C34H43N5O4. The summed E-state index contributed by atoms with van der Waals surface area (Å²) in [4.78, 5) is 31.6. The van der Waals surface area contributed by atoms with Crippen LogP contribution in [0.25, 0.3) is 11.1 Å². The lowest BCUT2D eigenvalue weighted by Gasteiger charge is -2.24. The van der Waals surface area contributed by atoms with Crippen molar-refractivity contribution in [3.05, 3.63) is 88.9 Å². The van der Waals surface area contributed by atoms with E-state index in [2.05, 4.69) is 49.4 Å². The first-order valence-corrected chi connectivity index (χ1v) is 14.8. The third-order valence-electron chi connectivity index (χ3n) is 7.06. The van der Waals surface area contributed by atoms with Gasteiger partial charge in [-0.05, 0) is 61.1 Å². The first-order chi connectivity index (χ1) is 20.5. The van der Waals surface area contributed by atoms with Gasteiger partial charge < -0.3 is 29.2 Å². The number of pyridine rings is 1. The Balaban J connectivity index is 1.75. The predicted octanol–water partition coefficient (Wildman–Crippen LogP) is 7.30. The minimum Gasteiger partial charge on any atom is -0.497 e. The van der Waals surface area contributed by atoms with Crippen molar-refractivity contribution in [1.29, 1.82) is 0 Å². The van der Waals surface area contributed by atoms with Crippen LogP contribution in [0.1, 0.15) is 65.5 Å². The summed E-state index contributed by atoms with van der Waals surface area (Å²) in [5.41, 5.74) is 3.59. The molecule has 2 heterocycles. The average Bonchev–Trinajstić information content (AvgIpc) is 3.46. The van der Waals surface area contributed by atoms with Crippen molar-refractivity contribution in [2.24, 2.45) is 0 Å². The molecule has 2 aromatic heterocycles. The minimum absolute atomic E-state index is 0.110. The van der Waals surface area contributed by atoms with Gasteiger partial charge in [-0.15, -0.1) is 0 Å². The van der Waals surface area contributed by atoms with Gasteiger partial charge in [0, 0.05) is 54.6 Å². The summed E-state index contributed by atoms with van der Waals surface area (Å²) >= 11 is 0. The number of anilines is 2. The van der Waals surface area contributed by atoms with Gasteiger partial charge in [0.05, 0.1) is 19.5 Å². The Morgan fingerprint density at radius 1 is 1.02 bits per heavy atom. The Bertz CT molecular complexity index is 1600. The first-order valence-electron chi connectivity index (χ1n) is 14.8. The fourth-order valence-corrected chi connectivity index (χ4v) is 4.93. The van der Waals surface area contributed by atoms with E-state index in [4.69, 9.17) is 9.47 Å². The van der Waals surface area contributed by atoms with E-state index in [0.717, 1.165) is 24.0 Å². The third kappa shape index (κ3) is 7.85. The summed E-state index contributed by atoms with van der Waals surface area (Å²) in [6.45, 7) is 13.4. The van der Waals surface area contributed by atoms with Crippen LogP contribution < -0.4 is 25.7 Å². The van der Waals surface area contributed by atoms with E-state index in [1.54, 1.807) is 36.5 Å². The lowest BCUT2D eigenvalue weighted by molar-refractivity contribution is 0.242. The number of aromatic nitrogens is 3. The highest BCUT2D eigenvalue weighted by Crippen LogP contribution is 2.37. The molecule has 9 heteroatoms. The largest absolute Gasteiger partial charge is 0.497 e.